The molecule has 14 heavy (non-hydrogen) atoms. The van der Waals surface area contributed by atoms with Crippen LogP contribution in [0.15, 0.2) is 18.5 Å². The Kier molecular flexibility index (Phi) is 2.56. The van der Waals surface area contributed by atoms with E-state index < -0.39 is 0 Å². The van der Waals surface area contributed by atoms with Gasteiger partial charge in [-0.25, -0.2) is 0 Å². The van der Waals surface area contributed by atoms with Gasteiger partial charge in [0.2, 0.25) is 0 Å². The average Bonchev–Trinajstić information content (AvgIpc) is 2.70. The lowest BCUT2D eigenvalue weighted by atomic mass is 10.3. The molecule has 0 spiro atoms. The van der Waals surface area contributed by atoms with Gasteiger partial charge in [0.25, 0.3) is 0 Å². The van der Waals surface area contributed by atoms with Gasteiger partial charge < -0.3 is 4.57 Å². The van der Waals surface area contributed by atoms with Gasteiger partial charge in [0.05, 0.1) is 9.21 Å². The summed E-state index contributed by atoms with van der Waals surface area (Å²) in [5, 5.41) is 7.99. The summed E-state index contributed by atoms with van der Waals surface area (Å²) in [5.74, 6) is 0.886. The third-order valence-corrected chi connectivity index (χ3v) is 3.15. The van der Waals surface area contributed by atoms with Crippen molar-refractivity contribution in [2.75, 3.05) is 0 Å². The van der Waals surface area contributed by atoms with Crippen LogP contribution in [-0.2, 0) is 0 Å². The first-order chi connectivity index (χ1) is 6.68. The molecule has 0 amide bonds. The molecule has 0 radical (unpaired) electrons. The molecule has 2 rings (SSSR count). The minimum atomic E-state index is 0.362. The van der Waals surface area contributed by atoms with E-state index in [-0.39, 0.29) is 0 Å². The Bertz CT molecular complexity index is 433. The van der Waals surface area contributed by atoms with Gasteiger partial charge in [-0.1, -0.05) is 11.6 Å². The van der Waals surface area contributed by atoms with Gasteiger partial charge in [-0.2, -0.15) is 0 Å². The van der Waals surface area contributed by atoms with Crippen LogP contribution in [0, 0.1) is 0 Å². The lowest BCUT2D eigenvalue weighted by Gasteiger charge is -2.07. The maximum Gasteiger partial charge on any atom is 0.174 e. The van der Waals surface area contributed by atoms with Crippen LogP contribution in [0.3, 0.4) is 0 Å². The molecule has 2 heterocycles. The minimum Gasteiger partial charge on any atom is -0.310 e. The maximum atomic E-state index is 5.87. The van der Waals surface area contributed by atoms with Gasteiger partial charge in [0.1, 0.15) is 6.33 Å². The Morgan fingerprint density at radius 2 is 2.21 bits per heavy atom. The molecule has 0 bridgehead atoms. The molecule has 3 nitrogen and oxygen atoms in total. The molecule has 2 aromatic heterocycles. The summed E-state index contributed by atoms with van der Waals surface area (Å²) in [6.07, 6.45) is 1.74. The highest BCUT2D eigenvalue weighted by atomic mass is 35.5. The van der Waals surface area contributed by atoms with Gasteiger partial charge in [-0.05, 0) is 26.0 Å². The Hall–Kier alpha value is -0.870. The van der Waals surface area contributed by atoms with Crippen LogP contribution in [0.4, 0.5) is 0 Å². The Balaban J connectivity index is 2.46. The standard InChI is InChI=1S/C9H10ClN3S/c1-6(2)13-5-11-12-9(13)7-3-4-8(10)14-7/h3-6H,1-2H3. The molecule has 0 fully saturated rings. The van der Waals surface area contributed by atoms with Gasteiger partial charge in [0, 0.05) is 6.04 Å². The van der Waals surface area contributed by atoms with E-state index in [0.29, 0.717) is 6.04 Å². The van der Waals surface area contributed by atoms with E-state index >= 15 is 0 Å². The van der Waals surface area contributed by atoms with Gasteiger partial charge >= 0.3 is 0 Å². The number of hydrogen-bond donors (Lipinski definition) is 0. The lowest BCUT2D eigenvalue weighted by Crippen LogP contribution is -2.00. The zero-order valence-electron chi connectivity index (χ0n) is 7.94. The highest BCUT2D eigenvalue weighted by Crippen LogP contribution is 2.30. The molecule has 2 aromatic rings. The molecule has 0 aliphatic heterocycles. The van der Waals surface area contributed by atoms with Crippen LogP contribution in [0.25, 0.3) is 10.7 Å². The fourth-order valence-electron chi connectivity index (χ4n) is 1.23. The van der Waals surface area contributed by atoms with E-state index in [9.17, 15) is 0 Å². The van der Waals surface area contributed by atoms with E-state index in [2.05, 4.69) is 24.0 Å². The third-order valence-electron chi connectivity index (χ3n) is 1.92. The summed E-state index contributed by atoms with van der Waals surface area (Å²) >= 11 is 7.39. The highest BCUT2D eigenvalue weighted by molar-refractivity contribution is 7.19. The fraction of sp³-hybridized carbons (Fsp3) is 0.333. The topological polar surface area (TPSA) is 30.7 Å². The van der Waals surface area contributed by atoms with Gasteiger partial charge in [-0.15, -0.1) is 21.5 Å². The largest absolute Gasteiger partial charge is 0.310 e. The predicted molar refractivity (Wildman–Crippen MR) is 58.7 cm³/mol. The van der Waals surface area contributed by atoms with Crippen molar-refractivity contribution in [2.24, 2.45) is 0 Å². The molecule has 0 saturated carbocycles. The van der Waals surface area contributed by atoms with Gasteiger partial charge in [0.15, 0.2) is 5.82 Å². The second-order valence-corrected chi connectivity index (χ2v) is 4.97. The average molecular weight is 228 g/mol. The molecular formula is C9H10ClN3S. The van der Waals surface area contributed by atoms with Crippen molar-refractivity contribution in [2.45, 2.75) is 19.9 Å². The first-order valence-corrected chi connectivity index (χ1v) is 5.53. The third kappa shape index (κ3) is 1.67. The van der Waals surface area contributed by atoms with Crippen LogP contribution >= 0.6 is 22.9 Å². The Morgan fingerprint density at radius 1 is 1.43 bits per heavy atom. The summed E-state index contributed by atoms with van der Waals surface area (Å²) < 4.78 is 2.81. The van der Waals surface area contributed by atoms with Crippen molar-refractivity contribution < 1.29 is 0 Å². The molecule has 0 aromatic carbocycles. The van der Waals surface area contributed by atoms with E-state index in [0.717, 1.165) is 15.0 Å². The fourth-order valence-corrected chi connectivity index (χ4v) is 2.26. The number of nitrogens with zero attached hydrogens (tertiary/aromatic N) is 3. The SMILES string of the molecule is CC(C)n1cnnc1-c1ccc(Cl)s1. The van der Waals surface area contributed by atoms with E-state index in [1.54, 1.807) is 6.33 Å². The second kappa shape index (κ2) is 3.71. The summed E-state index contributed by atoms with van der Waals surface area (Å²) in [5.41, 5.74) is 0. The van der Waals surface area contributed by atoms with E-state index in [1.807, 2.05) is 16.7 Å². The normalized spacial score (nSPS) is 11.1. The molecule has 0 atom stereocenters. The van der Waals surface area contributed by atoms with Crippen molar-refractivity contribution >= 4 is 22.9 Å². The number of thiophene rings is 1. The number of rotatable bonds is 2. The van der Waals surface area contributed by atoms with Crippen LogP contribution in [-0.4, -0.2) is 14.8 Å². The first kappa shape index (κ1) is 9.68. The monoisotopic (exact) mass is 227 g/mol. The van der Waals surface area contributed by atoms with Crippen LogP contribution < -0.4 is 0 Å². The van der Waals surface area contributed by atoms with Crippen molar-refractivity contribution in [1.82, 2.24) is 14.8 Å². The molecule has 0 saturated heterocycles. The molecule has 0 unspecified atom stereocenters. The predicted octanol–water partition coefficient (Wildman–Crippen LogP) is 3.24. The Morgan fingerprint density at radius 3 is 2.79 bits per heavy atom. The molecule has 0 N–H and O–H groups in total. The molecular weight excluding hydrogens is 218 g/mol. The number of aromatic nitrogens is 3. The zero-order chi connectivity index (χ0) is 10.1. The number of halogens is 1. The molecule has 0 aliphatic rings. The van der Waals surface area contributed by atoms with Crippen LogP contribution in [0.2, 0.25) is 4.34 Å². The van der Waals surface area contributed by atoms with Crippen LogP contribution in [0.1, 0.15) is 19.9 Å². The number of hydrogen-bond acceptors (Lipinski definition) is 3. The van der Waals surface area contributed by atoms with E-state index in [4.69, 9.17) is 11.6 Å². The second-order valence-electron chi connectivity index (χ2n) is 3.26. The Labute approximate surface area is 91.4 Å². The summed E-state index contributed by atoms with van der Waals surface area (Å²) in [7, 11) is 0. The maximum absolute atomic E-state index is 5.87. The summed E-state index contributed by atoms with van der Waals surface area (Å²) in [6.45, 7) is 4.20. The van der Waals surface area contributed by atoms with Crippen molar-refractivity contribution in [1.29, 1.82) is 0 Å². The summed E-state index contributed by atoms with van der Waals surface area (Å²) in [6, 6.07) is 4.21. The molecule has 0 aliphatic carbocycles. The van der Waals surface area contributed by atoms with Crippen molar-refractivity contribution in [3.05, 3.63) is 22.8 Å². The highest BCUT2D eigenvalue weighted by Gasteiger charge is 2.11. The van der Waals surface area contributed by atoms with Crippen LogP contribution in [0.5, 0.6) is 0 Å². The van der Waals surface area contributed by atoms with Crippen molar-refractivity contribution in [3.63, 3.8) is 0 Å². The minimum absolute atomic E-state index is 0.362. The first-order valence-electron chi connectivity index (χ1n) is 4.33. The summed E-state index contributed by atoms with van der Waals surface area (Å²) in [4.78, 5) is 1.06. The quantitative estimate of drug-likeness (QED) is 0.789. The lowest BCUT2D eigenvalue weighted by molar-refractivity contribution is 0.604. The molecule has 5 heteroatoms. The van der Waals surface area contributed by atoms with Crippen molar-refractivity contribution in [3.8, 4) is 10.7 Å². The zero-order valence-corrected chi connectivity index (χ0v) is 9.51. The van der Waals surface area contributed by atoms with E-state index in [1.165, 1.54) is 11.3 Å². The van der Waals surface area contributed by atoms with Gasteiger partial charge in [-0.3, -0.25) is 0 Å². The molecule has 74 valence electrons. The smallest absolute Gasteiger partial charge is 0.174 e.